The van der Waals surface area contributed by atoms with E-state index in [0.717, 1.165) is 5.39 Å². The second kappa shape index (κ2) is 5.82. The molecule has 0 bridgehead atoms. The normalized spacial score (nSPS) is 9.38. The van der Waals surface area contributed by atoms with Gasteiger partial charge in [0.1, 0.15) is 5.69 Å². The molecule has 1 heterocycles. The van der Waals surface area contributed by atoms with Crippen LogP contribution in [0.4, 0.5) is 0 Å². The summed E-state index contributed by atoms with van der Waals surface area (Å²) in [6, 6.07) is 10.7. The molecule has 2 aromatic rings. The monoisotopic (exact) mass is 219 g/mol. The maximum absolute atomic E-state index is 10.6. The van der Waals surface area contributed by atoms with E-state index in [0.29, 0.717) is 5.52 Å². The molecule has 0 saturated heterocycles. The lowest BCUT2D eigenvalue weighted by Gasteiger charge is -1.97. The van der Waals surface area contributed by atoms with E-state index >= 15 is 0 Å². The lowest BCUT2D eigenvalue weighted by atomic mass is 10.2. The fourth-order valence-corrected chi connectivity index (χ4v) is 1.19. The number of pyridine rings is 1. The van der Waals surface area contributed by atoms with E-state index < -0.39 is 5.97 Å². The zero-order valence-corrected chi connectivity index (χ0v) is 8.92. The van der Waals surface area contributed by atoms with Crippen LogP contribution in [-0.2, 0) is 0 Å². The highest BCUT2D eigenvalue weighted by molar-refractivity contribution is 5.89. The molecule has 0 aliphatic carbocycles. The average Bonchev–Trinajstić information content (AvgIpc) is 2.29. The molecule has 16 heavy (non-hydrogen) atoms. The van der Waals surface area contributed by atoms with Crippen molar-refractivity contribution in [1.29, 1.82) is 0 Å². The number of carboxylic acids is 1. The summed E-state index contributed by atoms with van der Waals surface area (Å²) < 4.78 is 0. The first-order chi connectivity index (χ1) is 7.69. The zero-order chi connectivity index (χ0) is 12.0. The maximum Gasteiger partial charge on any atom is 0.354 e. The lowest BCUT2D eigenvalue weighted by molar-refractivity contribution is 0.0691. The highest BCUT2D eigenvalue weighted by atomic mass is 16.4. The van der Waals surface area contributed by atoms with E-state index in [-0.39, 0.29) is 12.3 Å². The zero-order valence-electron chi connectivity index (χ0n) is 8.92. The van der Waals surface area contributed by atoms with Crippen LogP contribution < -0.4 is 0 Å². The number of aliphatic hydroxyl groups excluding tert-OH is 1. The minimum Gasteiger partial charge on any atom is -0.477 e. The van der Waals surface area contributed by atoms with Gasteiger partial charge in [0.25, 0.3) is 0 Å². The van der Waals surface area contributed by atoms with Crippen LogP contribution in [-0.4, -0.2) is 27.8 Å². The molecule has 2 rings (SSSR count). The van der Waals surface area contributed by atoms with Crippen LogP contribution in [0.15, 0.2) is 36.4 Å². The highest BCUT2D eigenvalue weighted by Crippen LogP contribution is 2.11. The van der Waals surface area contributed by atoms with Crippen molar-refractivity contribution in [3.63, 3.8) is 0 Å². The Morgan fingerprint density at radius 1 is 1.25 bits per heavy atom. The van der Waals surface area contributed by atoms with Gasteiger partial charge in [0.05, 0.1) is 5.52 Å². The minimum absolute atomic E-state index is 0.0821. The Kier molecular flexibility index (Phi) is 4.42. The SMILES string of the molecule is CCO.O=C(O)c1ccc2ccccc2n1. The topological polar surface area (TPSA) is 70.4 Å². The van der Waals surface area contributed by atoms with Gasteiger partial charge in [-0.25, -0.2) is 9.78 Å². The van der Waals surface area contributed by atoms with Crippen molar-refractivity contribution < 1.29 is 15.0 Å². The van der Waals surface area contributed by atoms with Crippen LogP contribution in [0.2, 0.25) is 0 Å². The fourth-order valence-electron chi connectivity index (χ4n) is 1.19. The van der Waals surface area contributed by atoms with Crippen molar-refractivity contribution in [2.75, 3.05) is 6.61 Å². The van der Waals surface area contributed by atoms with Gasteiger partial charge in [0, 0.05) is 12.0 Å². The molecule has 1 aromatic carbocycles. The van der Waals surface area contributed by atoms with Crippen molar-refractivity contribution in [1.82, 2.24) is 4.98 Å². The molecule has 0 saturated carbocycles. The first-order valence-electron chi connectivity index (χ1n) is 4.89. The Bertz CT molecular complexity index is 482. The second-order valence-electron chi connectivity index (χ2n) is 3.01. The number of hydrogen-bond acceptors (Lipinski definition) is 3. The first-order valence-corrected chi connectivity index (χ1v) is 4.89. The number of para-hydroxylation sites is 1. The van der Waals surface area contributed by atoms with Crippen molar-refractivity contribution in [2.24, 2.45) is 0 Å². The van der Waals surface area contributed by atoms with Crippen LogP contribution >= 0.6 is 0 Å². The molecule has 84 valence electrons. The second-order valence-corrected chi connectivity index (χ2v) is 3.01. The van der Waals surface area contributed by atoms with Crippen molar-refractivity contribution >= 4 is 16.9 Å². The van der Waals surface area contributed by atoms with Crippen LogP contribution in [0.5, 0.6) is 0 Å². The molecular formula is C12H13NO3. The van der Waals surface area contributed by atoms with Crippen LogP contribution in [0.25, 0.3) is 10.9 Å². The summed E-state index contributed by atoms with van der Waals surface area (Å²) in [5.74, 6) is -0.995. The highest BCUT2D eigenvalue weighted by Gasteiger charge is 2.03. The number of carboxylic acid groups (broad SMARTS) is 1. The molecule has 4 nitrogen and oxygen atoms in total. The number of benzene rings is 1. The molecule has 0 atom stereocenters. The Labute approximate surface area is 93.2 Å². The van der Waals surface area contributed by atoms with E-state index in [1.807, 2.05) is 18.2 Å². The Balaban J connectivity index is 0.000000386. The van der Waals surface area contributed by atoms with Gasteiger partial charge < -0.3 is 10.2 Å². The van der Waals surface area contributed by atoms with Gasteiger partial charge in [-0.1, -0.05) is 24.3 Å². The summed E-state index contributed by atoms with van der Waals surface area (Å²) in [7, 11) is 0. The average molecular weight is 219 g/mol. The van der Waals surface area contributed by atoms with Gasteiger partial charge in [-0.2, -0.15) is 0 Å². The van der Waals surface area contributed by atoms with Crippen molar-refractivity contribution in [3.8, 4) is 0 Å². The predicted molar refractivity (Wildman–Crippen MR) is 61.5 cm³/mol. The summed E-state index contributed by atoms with van der Waals surface area (Å²) in [5, 5.41) is 17.2. The van der Waals surface area contributed by atoms with Gasteiger partial charge >= 0.3 is 5.97 Å². The minimum atomic E-state index is -0.995. The Hall–Kier alpha value is -1.94. The molecular weight excluding hydrogens is 206 g/mol. The molecule has 0 aliphatic rings. The largest absolute Gasteiger partial charge is 0.477 e. The Morgan fingerprint density at radius 2 is 1.88 bits per heavy atom. The summed E-state index contributed by atoms with van der Waals surface area (Å²) in [6.07, 6.45) is 0. The Morgan fingerprint density at radius 3 is 2.50 bits per heavy atom. The molecule has 0 spiro atoms. The number of fused-ring (bicyclic) bond motifs is 1. The van der Waals surface area contributed by atoms with E-state index in [4.69, 9.17) is 10.2 Å². The predicted octanol–water partition coefficient (Wildman–Crippen LogP) is 1.93. The van der Waals surface area contributed by atoms with Gasteiger partial charge in [-0.15, -0.1) is 0 Å². The summed E-state index contributed by atoms with van der Waals surface area (Å²) in [6.45, 7) is 1.93. The lowest BCUT2D eigenvalue weighted by Crippen LogP contribution is -1.99. The maximum atomic E-state index is 10.6. The van der Waals surface area contributed by atoms with Gasteiger partial charge in [-0.3, -0.25) is 0 Å². The number of carbonyl (C=O) groups is 1. The molecule has 0 amide bonds. The summed E-state index contributed by atoms with van der Waals surface area (Å²) >= 11 is 0. The standard InChI is InChI=1S/C10H7NO2.C2H6O/c12-10(13)9-6-5-7-3-1-2-4-8(7)11-9;1-2-3/h1-6H,(H,12,13);3H,2H2,1H3. The quantitative estimate of drug-likeness (QED) is 0.768. The third kappa shape index (κ3) is 3.03. The van der Waals surface area contributed by atoms with E-state index in [1.54, 1.807) is 19.1 Å². The molecule has 0 aliphatic heterocycles. The third-order valence-electron chi connectivity index (χ3n) is 1.82. The van der Waals surface area contributed by atoms with Crippen LogP contribution in [0.1, 0.15) is 17.4 Å². The van der Waals surface area contributed by atoms with E-state index in [9.17, 15) is 4.79 Å². The molecule has 0 fully saturated rings. The fraction of sp³-hybridized carbons (Fsp3) is 0.167. The van der Waals surface area contributed by atoms with E-state index in [1.165, 1.54) is 6.07 Å². The number of aliphatic hydroxyl groups is 1. The number of rotatable bonds is 1. The third-order valence-corrected chi connectivity index (χ3v) is 1.82. The van der Waals surface area contributed by atoms with Crippen molar-refractivity contribution in [3.05, 3.63) is 42.1 Å². The van der Waals surface area contributed by atoms with E-state index in [2.05, 4.69) is 4.98 Å². The molecule has 0 unspecified atom stereocenters. The molecule has 0 radical (unpaired) electrons. The van der Waals surface area contributed by atoms with Gasteiger partial charge in [-0.05, 0) is 19.1 Å². The first kappa shape index (κ1) is 12.1. The number of hydrogen-bond donors (Lipinski definition) is 2. The number of aromatic nitrogens is 1. The molecule has 4 heteroatoms. The summed E-state index contributed by atoms with van der Waals surface area (Å²) in [5.41, 5.74) is 0.793. The van der Waals surface area contributed by atoms with Gasteiger partial charge in [0.2, 0.25) is 0 Å². The summed E-state index contributed by atoms with van der Waals surface area (Å²) in [4.78, 5) is 14.6. The molecule has 1 aromatic heterocycles. The number of nitrogens with zero attached hydrogens (tertiary/aromatic N) is 1. The smallest absolute Gasteiger partial charge is 0.354 e. The van der Waals surface area contributed by atoms with Crippen LogP contribution in [0.3, 0.4) is 0 Å². The van der Waals surface area contributed by atoms with Gasteiger partial charge in [0.15, 0.2) is 0 Å². The number of aromatic carboxylic acids is 1. The van der Waals surface area contributed by atoms with Crippen molar-refractivity contribution in [2.45, 2.75) is 6.92 Å². The van der Waals surface area contributed by atoms with Crippen LogP contribution in [0, 0.1) is 0 Å². The molecule has 2 N–H and O–H groups in total.